The van der Waals surface area contributed by atoms with Crippen LogP contribution in [0.2, 0.25) is 0 Å². The van der Waals surface area contributed by atoms with Crippen LogP contribution >= 0.6 is 0 Å². The lowest BCUT2D eigenvalue weighted by molar-refractivity contribution is -0.384. The minimum absolute atomic E-state index is 0.184. The first-order chi connectivity index (χ1) is 11.3. The third-order valence-electron chi connectivity index (χ3n) is 3.80. The number of hydrogen-bond donors (Lipinski definition) is 2. The molecule has 1 unspecified atom stereocenters. The molecule has 0 radical (unpaired) electrons. The lowest BCUT2D eigenvalue weighted by atomic mass is 9.96. The van der Waals surface area contributed by atoms with Gasteiger partial charge in [-0.1, -0.05) is 37.3 Å². The van der Waals surface area contributed by atoms with Crippen molar-refractivity contribution in [1.82, 2.24) is 0 Å². The van der Waals surface area contributed by atoms with Crippen LogP contribution in [0.5, 0.6) is 0 Å². The fourth-order valence-corrected chi connectivity index (χ4v) is 2.98. The molecule has 24 heavy (non-hydrogen) atoms. The highest BCUT2D eigenvalue weighted by Gasteiger charge is 2.20. The highest BCUT2D eigenvalue weighted by Crippen LogP contribution is 2.28. The van der Waals surface area contributed by atoms with Gasteiger partial charge < -0.3 is 5.32 Å². The maximum absolute atomic E-state index is 11.4. The molecule has 0 amide bonds. The van der Waals surface area contributed by atoms with Crippen LogP contribution in [-0.2, 0) is 10.0 Å². The molecular formula is C16H19N3O4S. The predicted octanol–water partition coefficient (Wildman–Crippen LogP) is 2.85. The topological polar surface area (TPSA) is 115 Å². The first-order valence-corrected chi connectivity index (χ1v) is 8.97. The van der Waals surface area contributed by atoms with E-state index in [2.05, 4.69) is 5.32 Å². The zero-order valence-electron chi connectivity index (χ0n) is 13.2. The molecule has 0 aliphatic carbocycles. The second-order valence-corrected chi connectivity index (χ2v) is 6.94. The molecule has 0 aliphatic heterocycles. The fraction of sp³-hybridized carbons (Fsp3) is 0.250. The van der Waals surface area contributed by atoms with Crippen LogP contribution < -0.4 is 10.5 Å². The summed E-state index contributed by atoms with van der Waals surface area (Å²) in [6.07, 6.45) is 0.861. The van der Waals surface area contributed by atoms with E-state index in [1.165, 1.54) is 12.1 Å². The van der Waals surface area contributed by atoms with E-state index in [0.717, 1.165) is 18.1 Å². The summed E-state index contributed by atoms with van der Waals surface area (Å²) in [5.74, 6) is 0.184. The zero-order valence-corrected chi connectivity index (χ0v) is 14.0. The highest BCUT2D eigenvalue weighted by molar-refractivity contribution is 7.89. The number of sulfonamides is 1. The van der Waals surface area contributed by atoms with Gasteiger partial charge in [-0.25, -0.2) is 13.6 Å². The Morgan fingerprint density at radius 1 is 1.21 bits per heavy atom. The molecule has 0 fully saturated rings. The second-order valence-electron chi connectivity index (χ2n) is 5.38. The molecule has 0 saturated carbocycles. The summed E-state index contributed by atoms with van der Waals surface area (Å²) in [5.41, 5.74) is 1.09. The van der Waals surface area contributed by atoms with Crippen molar-refractivity contribution >= 4 is 21.4 Å². The van der Waals surface area contributed by atoms with Gasteiger partial charge in [0.2, 0.25) is 10.0 Å². The first-order valence-electron chi connectivity index (χ1n) is 7.43. The van der Waals surface area contributed by atoms with Crippen LogP contribution in [0.25, 0.3) is 0 Å². The Balaban J connectivity index is 2.24. The van der Waals surface area contributed by atoms with Crippen molar-refractivity contribution in [2.24, 2.45) is 5.14 Å². The Morgan fingerprint density at radius 3 is 2.42 bits per heavy atom. The number of primary sulfonamides is 1. The third kappa shape index (κ3) is 4.30. The van der Waals surface area contributed by atoms with Crippen LogP contribution in [-0.4, -0.2) is 19.9 Å². The Bertz CT molecular complexity index is 822. The van der Waals surface area contributed by atoms with Crippen molar-refractivity contribution in [1.29, 1.82) is 0 Å². The Hall–Kier alpha value is -2.45. The average Bonchev–Trinajstić information content (AvgIpc) is 2.55. The van der Waals surface area contributed by atoms with E-state index in [9.17, 15) is 18.5 Å². The lowest BCUT2D eigenvalue weighted by Crippen LogP contribution is -2.15. The number of rotatable bonds is 7. The van der Waals surface area contributed by atoms with Crippen molar-refractivity contribution in [2.75, 3.05) is 11.9 Å². The molecule has 2 aromatic rings. The number of anilines is 1. The molecule has 7 nitrogen and oxygen atoms in total. The van der Waals surface area contributed by atoms with Gasteiger partial charge in [0.25, 0.3) is 5.69 Å². The van der Waals surface area contributed by atoms with E-state index in [1.54, 1.807) is 0 Å². The monoisotopic (exact) mass is 349 g/mol. The Morgan fingerprint density at radius 2 is 1.88 bits per heavy atom. The van der Waals surface area contributed by atoms with E-state index in [4.69, 9.17) is 5.14 Å². The number of nitrogens with zero attached hydrogens (tertiary/aromatic N) is 1. The smallest absolute Gasteiger partial charge is 0.293 e. The second kappa shape index (κ2) is 7.41. The van der Waals surface area contributed by atoms with Gasteiger partial charge in [0, 0.05) is 18.5 Å². The number of hydrogen-bond acceptors (Lipinski definition) is 5. The third-order valence-corrected chi connectivity index (χ3v) is 4.71. The van der Waals surface area contributed by atoms with Crippen molar-refractivity contribution < 1.29 is 13.3 Å². The van der Waals surface area contributed by atoms with Gasteiger partial charge in [0.15, 0.2) is 0 Å². The molecule has 0 aliphatic rings. The lowest BCUT2D eigenvalue weighted by Gasteiger charge is -2.17. The maximum Gasteiger partial charge on any atom is 0.293 e. The van der Waals surface area contributed by atoms with Gasteiger partial charge in [-0.05, 0) is 24.1 Å². The van der Waals surface area contributed by atoms with Crippen molar-refractivity contribution in [3.63, 3.8) is 0 Å². The molecule has 3 N–H and O–H groups in total. The summed E-state index contributed by atoms with van der Waals surface area (Å²) in [7, 11) is -3.99. The van der Waals surface area contributed by atoms with E-state index < -0.39 is 14.9 Å². The molecular weight excluding hydrogens is 330 g/mol. The molecule has 2 aromatic carbocycles. The largest absolute Gasteiger partial charge is 0.379 e. The van der Waals surface area contributed by atoms with Gasteiger partial charge in [-0.15, -0.1) is 0 Å². The minimum Gasteiger partial charge on any atom is -0.379 e. The molecule has 1 atom stereocenters. The Kier molecular flexibility index (Phi) is 5.53. The molecule has 2 rings (SSSR count). The maximum atomic E-state index is 11.4. The van der Waals surface area contributed by atoms with Gasteiger partial charge in [0.1, 0.15) is 5.69 Å². The average molecular weight is 349 g/mol. The predicted molar refractivity (Wildman–Crippen MR) is 92.4 cm³/mol. The van der Waals surface area contributed by atoms with Crippen molar-refractivity contribution in [3.8, 4) is 0 Å². The van der Waals surface area contributed by atoms with Crippen molar-refractivity contribution in [3.05, 3.63) is 64.2 Å². The quantitative estimate of drug-likeness (QED) is 0.589. The van der Waals surface area contributed by atoms with Gasteiger partial charge in [0.05, 0.1) is 9.82 Å². The number of nitro benzene ring substituents is 1. The van der Waals surface area contributed by atoms with Crippen LogP contribution in [0.15, 0.2) is 53.4 Å². The summed E-state index contributed by atoms with van der Waals surface area (Å²) in [6.45, 7) is 2.54. The normalized spacial score (nSPS) is 12.6. The summed E-state index contributed by atoms with van der Waals surface area (Å²) >= 11 is 0. The van der Waals surface area contributed by atoms with Crippen LogP contribution in [0.3, 0.4) is 0 Å². The van der Waals surface area contributed by atoms with Crippen LogP contribution in [0.4, 0.5) is 11.4 Å². The molecule has 0 bridgehead atoms. The summed E-state index contributed by atoms with van der Waals surface area (Å²) < 4.78 is 22.7. The van der Waals surface area contributed by atoms with Gasteiger partial charge >= 0.3 is 0 Å². The molecule has 0 saturated heterocycles. The molecule has 0 spiro atoms. The van der Waals surface area contributed by atoms with Crippen LogP contribution in [0.1, 0.15) is 24.8 Å². The number of nitro groups is 1. The van der Waals surface area contributed by atoms with Gasteiger partial charge in [-0.2, -0.15) is 0 Å². The summed E-state index contributed by atoms with van der Waals surface area (Å²) in [6, 6.07) is 13.4. The fourth-order valence-electron chi connectivity index (χ4n) is 2.45. The number of nitrogens with two attached hydrogens (primary N) is 1. The molecule has 8 heteroatoms. The number of benzene rings is 2. The van der Waals surface area contributed by atoms with Gasteiger partial charge in [-0.3, -0.25) is 10.1 Å². The van der Waals surface area contributed by atoms with E-state index in [1.807, 2.05) is 37.3 Å². The molecule has 0 aromatic heterocycles. The number of nitrogens with one attached hydrogen (secondary N) is 1. The highest BCUT2D eigenvalue weighted by atomic mass is 32.2. The summed E-state index contributed by atoms with van der Waals surface area (Å²) in [5, 5.41) is 19.3. The van der Waals surface area contributed by atoms with E-state index in [-0.39, 0.29) is 22.2 Å². The van der Waals surface area contributed by atoms with Crippen molar-refractivity contribution in [2.45, 2.75) is 24.2 Å². The first kappa shape index (κ1) is 17.9. The van der Waals surface area contributed by atoms with E-state index in [0.29, 0.717) is 6.54 Å². The van der Waals surface area contributed by atoms with Crippen LogP contribution in [0, 0.1) is 10.1 Å². The molecule has 0 heterocycles. The zero-order chi connectivity index (χ0) is 17.7. The van der Waals surface area contributed by atoms with E-state index >= 15 is 0 Å². The molecule has 128 valence electrons. The minimum atomic E-state index is -3.99. The SMILES string of the molecule is CCC(CNc1ccc(S(N)(=O)=O)cc1[N+](=O)[O-])c1ccccc1. The Labute approximate surface area is 140 Å². The standard InChI is InChI=1S/C16H19N3O4S/c1-2-12(13-6-4-3-5-7-13)11-18-15-9-8-14(24(17,22)23)10-16(15)19(20)21/h3-10,12,18H,2,11H2,1H3,(H2,17,22,23). The summed E-state index contributed by atoms with van der Waals surface area (Å²) in [4.78, 5) is 10.3.